The van der Waals surface area contributed by atoms with Gasteiger partial charge in [0.1, 0.15) is 6.04 Å². The van der Waals surface area contributed by atoms with Gasteiger partial charge in [0.15, 0.2) is 0 Å². The Hall–Kier alpha value is -0.320. The fourth-order valence-electron chi connectivity index (χ4n) is 1.47. The van der Waals surface area contributed by atoms with Crippen molar-refractivity contribution in [2.75, 3.05) is 13.2 Å². The van der Waals surface area contributed by atoms with E-state index < -0.39 is 12.0 Å². The second kappa shape index (κ2) is 7.04. The molecule has 5 heteroatoms. The predicted molar refractivity (Wildman–Crippen MR) is 55.5 cm³/mol. The molecule has 0 aromatic heterocycles. The van der Waals surface area contributed by atoms with Crippen LogP contribution in [0.4, 0.5) is 0 Å². The van der Waals surface area contributed by atoms with Gasteiger partial charge in [-0.25, -0.2) is 0 Å². The smallest absolute Gasteiger partial charge is 0.323 e. The third-order valence-electron chi connectivity index (χ3n) is 2.24. The lowest BCUT2D eigenvalue weighted by Crippen LogP contribution is -2.36. The summed E-state index contributed by atoms with van der Waals surface area (Å²) in [5, 5.41) is 10.4. The van der Waals surface area contributed by atoms with Crippen LogP contribution >= 0.6 is 12.4 Å². The Balaban J connectivity index is 0.00000169. The number of hydroxylamine groups is 2. The van der Waals surface area contributed by atoms with E-state index in [4.69, 9.17) is 9.94 Å². The van der Waals surface area contributed by atoms with Crippen LogP contribution in [0.1, 0.15) is 32.6 Å². The average molecular weight is 224 g/mol. The van der Waals surface area contributed by atoms with E-state index in [1.54, 1.807) is 5.06 Å². The maximum absolute atomic E-state index is 10.7. The number of unbranched alkanes of at least 4 members (excludes halogenated alkanes) is 1. The Kier molecular flexibility index (Phi) is 6.87. The van der Waals surface area contributed by atoms with Gasteiger partial charge in [0.2, 0.25) is 0 Å². The zero-order valence-electron chi connectivity index (χ0n) is 8.44. The lowest BCUT2D eigenvalue weighted by molar-refractivity contribution is -0.186. The summed E-state index contributed by atoms with van der Waals surface area (Å²) >= 11 is 0. The summed E-state index contributed by atoms with van der Waals surface area (Å²) in [6.45, 7) is 3.48. The molecule has 1 fully saturated rings. The number of rotatable bonds is 5. The Labute approximate surface area is 90.6 Å². The molecule has 0 aromatic carbocycles. The summed E-state index contributed by atoms with van der Waals surface area (Å²) in [6, 6.07) is -0.420. The molecule has 14 heavy (non-hydrogen) atoms. The molecule has 0 aromatic rings. The number of carboxylic acid groups (broad SMARTS) is 1. The van der Waals surface area contributed by atoms with Crippen LogP contribution in [0.15, 0.2) is 0 Å². The molecule has 1 atom stereocenters. The first-order chi connectivity index (χ1) is 6.25. The fraction of sp³-hybridized carbons (Fsp3) is 0.889. The first-order valence-corrected chi connectivity index (χ1v) is 4.88. The van der Waals surface area contributed by atoms with Gasteiger partial charge in [0.05, 0.1) is 6.61 Å². The molecule has 0 spiro atoms. The Morgan fingerprint density at radius 3 is 2.93 bits per heavy atom. The number of hydrogen-bond donors (Lipinski definition) is 1. The molecule has 0 bridgehead atoms. The van der Waals surface area contributed by atoms with E-state index >= 15 is 0 Å². The fourth-order valence-corrected chi connectivity index (χ4v) is 1.47. The number of nitrogens with zero attached hydrogens (tertiary/aromatic N) is 1. The SMILES string of the molecule is CCCCON1CCC[C@H]1C(=O)O.Cl. The number of halogens is 1. The highest BCUT2D eigenvalue weighted by Crippen LogP contribution is 2.17. The van der Waals surface area contributed by atoms with Gasteiger partial charge < -0.3 is 5.11 Å². The molecule has 0 saturated carbocycles. The summed E-state index contributed by atoms with van der Waals surface area (Å²) in [7, 11) is 0. The van der Waals surface area contributed by atoms with Crippen molar-refractivity contribution < 1.29 is 14.7 Å². The highest BCUT2D eigenvalue weighted by Gasteiger charge is 2.31. The Bertz CT molecular complexity index is 177. The molecular formula is C9H18ClNO3. The summed E-state index contributed by atoms with van der Waals surface area (Å²) in [5.41, 5.74) is 0. The summed E-state index contributed by atoms with van der Waals surface area (Å²) < 4.78 is 0. The number of carbonyl (C=O) groups is 1. The molecule has 0 radical (unpaired) electrons. The van der Waals surface area contributed by atoms with Gasteiger partial charge in [0, 0.05) is 6.54 Å². The number of aliphatic carboxylic acids is 1. The minimum absolute atomic E-state index is 0. The molecule has 0 amide bonds. The minimum Gasteiger partial charge on any atom is -0.480 e. The van der Waals surface area contributed by atoms with E-state index in [1.807, 2.05) is 0 Å². The van der Waals surface area contributed by atoms with Crippen molar-refractivity contribution in [1.29, 1.82) is 0 Å². The third-order valence-corrected chi connectivity index (χ3v) is 2.24. The van der Waals surface area contributed by atoms with E-state index in [-0.39, 0.29) is 12.4 Å². The molecule has 0 aliphatic carbocycles. The standard InChI is InChI=1S/C9H17NO3.ClH/c1-2-3-7-13-10-6-4-5-8(10)9(11)12;/h8H,2-7H2,1H3,(H,11,12);1H/t8-;/m0./s1. The molecule has 1 heterocycles. The Morgan fingerprint density at radius 2 is 2.36 bits per heavy atom. The Morgan fingerprint density at radius 1 is 1.64 bits per heavy atom. The van der Waals surface area contributed by atoms with Gasteiger partial charge in [-0.1, -0.05) is 13.3 Å². The lowest BCUT2D eigenvalue weighted by Gasteiger charge is -2.20. The van der Waals surface area contributed by atoms with Gasteiger partial charge in [-0.05, 0) is 19.3 Å². The van der Waals surface area contributed by atoms with Crippen LogP contribution in [-0.2, 0) is 9.63 Å². The topological polar surface area (TPSA) is 49.8 Å². The molecule has 1 aliphatic heterocycles. The largest absolute Gasteiger partial charge is 0.480 e. The second-order valence-electron chi connectivity index (χ2n) is 3.32. The maximum Gasteiger partial charge on any atom is 0.323 e. The van der Waals surface area contributed by atoms with Crippen LogP contribution in [0.25, 0.3) is 0 Å². The monoisotopic (exact) mass is 223 g/mol. The van der Waals surface area contributed by atoms with Crippen molar-refractivity contribution in [2.24, 2.45) is 0 Å². The quantitative estimate of drug-likeness (QED) is 0.721. The highest BCUT2D eigenvalue weighted by atomic mass is 35.5. The second-order valence-corrected chi connectivity index (χ2v) is 3.32. The van der Waals surface area contributed by atoms with Gasteiger partial charge in [-0.3, -0.25) is 9.63 Å². The minimum atomic E-state index is -0.769. The highest BCUT2D eigenvalue weighted by molar-refractivity contribution is 5.85. The van der Waals surface area contributed by atoms with Gasteiger partial charge >= 0.3 is 5.97 Å². The van der Waals surface area contributed by atoms with Crippen LogP contribution < -0.4 is 0 Å². The van der Waals surface area contributed by atoms with E-state index in [0.29, 0.717) is 13.0 Å². The molecule has 1 rings (SSSR count). The van der Waals surface area contributed by atoms with Crippen molar-refractivity contribution in [3.8, 4) is 0 Å². The molecule has 0 unspecified atom stereocenters. The first-order valence-electron chi connectivity index (χ1n) is 4.88. The molecule has 4 nitrogen and oxygen atoms in total. The third kappa shape index (κ3) is 3.82. The zero-order chi connectivity index (χ0) is 9.68. The lowest BCUT2D eigenvalue weighted by atomic mass is 10.2. The molecule has 84 valence electrons. The normalized spacial score (nSPS) is 21.9. The van der Waals surface area contributed by atoms with E-state index in [0.717, 1.165) is 25.8 Å². The van der Waals surface area contributed by atoms with Crippen molar-refractivity contribution >= 4 is 18.4 Å². The molecule has 1 N–H and O–H groups in total. The van der Waals surface area contributed by atoms with Gasteiger partial charge in [-0.15, -0.1) is 12.4 Å². The van der Waals surface area contributed by atoms with Crippen molar-refractivity contribution in [2.45, 2.75) is 38.6 Å². The van der Waals surface area contributed by atoms with Crippen molar-refractivity contribution in [3.63, 3.8) is 0 Å². The zero-order valence-corrected chi connectivity index (χ0v) is 9.26. The van der Waals surface area contributed by atoms with Crippen LogP contribution in [0.3, 0.4) is 0 Å². The summed E-state index contributed by atoms with van der Waals surface area (Å²) in [4.78, 5) is 16.1. The van der Waals surface area contributed by atoms with E-state index in [9.17, 15) is 4.79 Å². The summed E-state index contributed by atoms with van der Waals surface area (Å²) in [5.74, 6) is -0.769. The van der Waals surface area contributed by atoms with Gasteiger partial charge in [-0.2, -0.15) is 5.06 Å². The number of hydrogen-bond acceptors (Lipinski definition) is 3. The summed E-state index contributed by atoms with van der Waals surface area (Å²) in [6.07, 6.45) is 3.69. The maximum atomic E-state index is 10.7. The molecule has 1 saturated heterocycles. The van der Waals surface area contributed by atoms with Crippen molar-refractivity contribution in [3.05, 3.63) is 0 Å². The van der Waals surface area contributed by atoms with Gasteiger partial charge in [0.25, 0.3) is 0 Å². The van der Waals surface area contributed by atoms with Crippen molar-refractivity contribution in [1.82, 2.24) is 5.06 Å². The van der Waals surface area contributed by atoms with E-state index in [2.05, 4.69) is 6.92 Å². The van der Waals surface area contributed by atoms with Crippen LogP contribution in [0.5, 0.6) is 0 Å². The van der Waals surface area contributed by atoms with Crippen LogP contribution in [0.2, 0.25) is 0 Å². The van der Waals surface area contributed by atoms with Crippen LogP contribution in [-0.4, -0.2) is 35.3 Å². The first kappa shape index (κ1) is 13.7. The average Bonchev–Trinajstić information content (AvgIpc) is 2.53. The molecule has 1 aliphatic rings. The number of carboxylic acids is 1. The molecular weight excluding hydrogens is 206 g/mol. The predicted octanol–water partition coefficient (Wildman–Crippen LogP) is 1.69. The van der Waals surface area contributed by atoms with Crippen LogP contribution in [0, 0.1) is 0 Å². The van der Waals surface area contributed by atoms with E-state index in [1.165, 1.54) is 0 Å².